The van der Waals surface area contributed by atoms with Gasteiger partial charge in [0.2, 0.25) is 0 Å². The summed E-state index contributed by atoms with van der Waals surface area (Å²) >= 11 is 3.39. The predicted octanol–water partition coefficient (Wildman–Crippen LogP) is 5.54. The number of hydrogen-bond acceptors (Lipinski definition) is 5. The van der Waals surface area contributed by atoms with Gasteiger partial charge in [-0.2, -0.15) is 0 Å². The Hall–Kier alpha value is -3.45. The van der Waals surface area contributed by atoms with Crippen molar-refractivity contribution >= 4 is 21.6 Å². The van der Waals surface area contributed by atoms with Gasteiger partial charge < -0.3 is 0 Å². The van der Waals surface area contributed by atoms with Crippen LogP contribution in [0.3, 0.4) is 0 Å². The zero-order valence-corrected chi connectivity index (χ0v) is 16.1. The van der Waals surface area contributed by atoms with Crippen LogP contribution >= 0.6 is 15.9 Å². The monoisotopic (exact) mass is 432 g/mol. The number of aromatic nitrogens is 3. The summed E-state index contributed by atoms with van der Waals surface area (Å²) in [5.74, 6) is 0. The van der Waals surface area contributed by atoms with Crippen molar-refractivity contribution in [2.24, 2.45) is 0 Å². The van der Waals surface area contributed by atoms with Crippen molar-refractivity contribution in [1.82, 2.24) is 15.0 Å². The minimum atomic E-state index is -0.410. The summed E-state index contributed by atoms with van der Waals surface area (Å²) < 4.78 is 0.715. The molecule has 0 spiro atoms. The summed E-state index contributed by atoms with van der Waals surface area (Å²) in [6.45, 7) is 0. The molecular formula is C21H13BrN4O2. The van der Waals surface area contributed by atoms with Gasteiger partial charge in [-0.05, 0) is 75.6 Å². The number of nitrogens with zero attached hydrogens (tertiary/aromatic N) is 4. The second kappa shape index (κ2) is 7.66. The van der Waals surface area contributed by atoms with Crippen molar-refractivity contribution in [2.45, 2.75) is 0 Å². The molecule has 136 valence electrons. The largest absolute Gasteiger partial charge is 0.269 e. The van der Waals surface area contributed by atoms with Crippen molar-refractivity contribution in [2.75, 3.05) is 0 Å². The molecule has 28 heavy (non-hydrogen) atoms. The summed E-state index contributed by atoms with van der Waals surface area (Å²) in [7, 11) is 0. The van der Waals surface area contributed by atoms with Crippen LogP contribution in [-0.2, 0) is 0 Å². The van der Waals surface area contributed by atoms with E-state index in [1.807, 2.05) is 48.5 Å². The highest BCUT2D eigenvalue weighted by Gasteiger charge is 2.12. The summed E-state index contributed by atoms with van der Waals surface area (Å²) in [5, 5.41) is 10.9. The van der Waals surface area contributed by atoms with Crippen LogP contribution in [0.25, 0.3) is 33.9 Å². The Kier molecular flexibility index (Phi) is 4.90. The van der Waals surface area contributed by atoms with Gasteiger partial charge in [-0.15, -0.1) is 0 Å². The molecule has 0 aliphatic heterocycles. The van der Waals surface area contributed by atoms with Crippen LogP contribution < -0.4 is 0 Å². The van der Waals surface area contributed by atoms with Crippen LogP contribution in [0.2, 0.25) is 0 Å². The molecule has 0 aliphatic rings. The van der Waals surface area contributed by atoms with Gasteiger partial charge in [0, 0.05) is 18.3 Å². The number of nitro groups is 1. The maximum atomic E-state index is 10.9. The molecule has 4 aromatic rings. The topological polar surface area (TPSA) is 81.8 Å². The Labute approximate surface area is 169 Å². The molecule has 0 atom stereocenters. The van der Waals surface area contributed by atoms with Crippen molar-refractivity contribution < 1.29 is 4.92 Å². The minimum Gasteiger partial charge on any atom is -0.258 e. The summed E-state index contributed by atoms with van der Waals surface area (Å²) in [5.41, 5.74) is 4.63. The number of pyridine rings is 3. The molecule has 4 rings (SSSR count). The van der Waals surface area contributed by atoms with Crippen molar-refractivity contribution in [3.63, 3.8) is 0 Å². The summed E-state index contributed by atoms with van der Waals surface area (Å²) in [6, 6.07) is 21.6. The van der Waals surface area contributed by atoms with Crippen LogP contribution in [-0.4, -0.2) is 19.9 Å². The molecule has 0 fully saturated rings. The van der Waals surface area contributed by atoms with Crippen LogP contribution in [0.15, 0.2) is 83.6 Å². The van der Waals surface area contributed by atoms with Crippen molar-refractivity contribution in [1.29, 1.82) is 0 Å². The number of rotatable bonds is 4. The third kappa shape index (κ3) is 3.79. The molecule has 0 amide bonds. The second-order valence-electron chi connectivity index (χ2n) is 5.99. The lowest BCUT2D eigenvalue weighted by Crippen LogP contribution is -1.94. The molecule has 1 aromatic carbocycles. The summed E-state index contributed by atoms with van der Waals surface area (Å²) in [6.07, 6.45) is 1.71. The molecule has 3 heterocycles. The van der Waals surface area contributed by atoms with E-state index in [9.17, 15) is 10.1 Å². The van der Waals surface area contributed by atoms with E-state index in [2.05, 4.69) is 25.9 Å². The fraction of sp³-hybridized carbons (Fsp3) is 0. The first-order chi connectivity index (χ1) is 13.6. The maximum Gasteiger partial charge on any atom is 0.269 e. The molecule has 0 radical (unpaired) electrons. The highest BCUT2D eigenvalue weighted by Crippen LogP contribution is 2.30. The normalized spacial score (nSPS) is 10.6. The fourth-order valence-electron chi connectivity index (χ4n) is 2.80. The Morgan fingerprint density at radius 3 is 2.11 bits per heavy atom. The zero-order valence-electron chi connectivity index (χ0n) is 14.5. The van der Waals surface area contributed by atoms with E-state index >= 15 is 0 Å². The van der Waals surface area contributed by atoms with Crippen molar-refractivity contribution in [3.05, 3.63) is 93.7 Å². The number of benzene rings is 1. The maximum absolute atomic E-state index is 10.9. The molecule has 0 saturated carbocycles. The fourth-order valence-corrected chi connectivity index (χ4v) is 3.14. The van der Waals surface area contributed by atoms with E-state index in [0.717, 1.165) is 22.5 Å². The number of halogens is 1. The smallest absolute Gasteiger partial charge is 0.258 e. The number of nitro benzene ring substituents is 1. The molecule has 0 bridgehead atoms. The Morgan fingerprint density at radius 1 is 0.750 bits per heavy atom. The highest BCUT2D eigenvalue weighted by atomic mass is 79.9. The zero-order chi connectivity index (χ0) is 19.5. The van der Waals surface area contributed by atoms with E-state index in [0.29, 0.717) is 16.0 Å². The summed E-state index contributed by atoms with van der Waals surface area (Å²) in [4.78, 5) is 24.1. The SMILES string of the molecule is O=[N+]([O-])c1ccc(-c2cc(-c3ccccn3)nc(-c3cccc(Br)n3)c2)cc1. The van der Waals surface area contributed by atoms with Gasteiger partial charge in [-0.25, -0.2) is 9.97 Å². The first kappa shape index (κ1) is 17.9. The van der Waals surface area contributed by atoms with Gasteiger partial charge >= 0.3 is 0 Å². The van der Waals surface area contributed by atoms with Gasteiger partial charge in [0.1, 0.15) is 4.60 Å². The van der Waals surface area contributed by atoms with E-state index in [4.69, 9.17) is 4.98 Å². The Balaban J connectivity index is 1.88. The standard InChI is InChI=1S/C21H13BrN4O2/c22-21-6-3-5-18(25-21)20-13-15(14-7-9-16(10-8-14)26(27)28)12-19(24-20)17-4-1-2-11-23-17/h1-13H. The number of non-ortho nitro benzene ring substituents is 1. The molecule has 0 saturated heterocycles. The molecule has 0 aliphatic carbocycles. The third-order valence-corrected chi connectivity index (χ3v) is 4.58. The number of hydrogen-bond donors (Lipinski definition) is 0. The van der Waals surface area contributed by atoms with Gasteiger partial charge in [0.25, 0.3) is 5.69 Å². The Morgan fingerprint density at radius 2 is 1.46 bits per heavy atom. The van der Waals surface area contributed by atoms with Crippen LogP contribution in [0.5, 0.6) is 0 Å². The van der Waals surface area contributed by atoms with E-state index in [-0.39, 0.29) is 5.69 Å². The lowest BCUT2D eigenvalue weighted by molar-refractivity contribution is -0.384. The molecule has 6 nitrogen and oxygen atoms in total. The predicted molar refractivity (Wildman–Crippen MR) is 110 cm³/mol. The van der Waals surface area contributed by atoms with Gasteiger partial charge in [0.05, 0.1) is 27.7 Å². The molecule has 3 aromatic heterocycles. The first-order valence-corrected chi connectivity index (χ1v) is 9.21. The minimum absolute atomic E-state index is 0.0524. The Bertz CT molecular complexity index is 1150. The average molecular weight is 433 g/mol. The first-order valence-electron chi connectivity index (χ1n) is 8.41. The van der Waals surface area contributed by atoms with Gasteiger partial charge in [-0.1, -0.05) is 12.1 Å². The molecule has 7 heteroatoms. The van der Waals surface area contributed by atoms with E-state index < -0.39 is 4.92 Å². The van der Waals surface area contributed by atoms with Crippen LogP contribution in [0.4, 0.5) is 5.69 Å². The molecular weight excluding hydrogens is 420 g/mol. The lowest BCUT2D eigenvalue weighted by atomic mass is 10.0. The van der Waals surface area contributed by atoms with Gasteiger partial charge in [0.15, 0.2) is 0 Å². The van der Waals surface area contributed by atoms with E-state index in [1.165, 1.54) is 12.1 Å². The van der Waals surface area contributed by atoms with Crippen molar-refractivity contribution in [3.8, 4) is 33.9 Å². The van der Waals surface area contributed by atoms with Gasteiger partial charge in [-0.3, -0.25) is 15.1 Å². The third-order valence-electron chi connectivity index (χ3n) is 4.14. The molecule has 0 N–H and O–H groups in total. The average Bonchev–Trinajstić information content (AvgIpc) is 2.74. The molecule has 0 unspecified atom stereocenters. The van der Waals surface area contributed by atoms with Crippen LogP contribution in [0, 0.1) is 10.1 Å². The van der Waals surface area contributed by atoms with E-state index in [1.54, 1.807) is 18.3 Å². The lowest BCUT2D eigenvalue weighted by Gasteiger charge is -2.09. The van der Waals surface area contributed by atoms with Crippen LogP contribution in [0.1, 0.15) is 0 Å². The quantitative estimate of drug-likeness (QED) is 0.240. The highest BCUT2D eigenvalue weighted by molar-refractivity contribution is 9.10. The second-order valence-corrected chi connectivity index (χ2v) is 6.80.